The Hall–Kier alpha value is -2.43. The van der Waals surface area contributed by atoms with Crippen molar-refractivity contribution in [2.24, 2.45) is 0 Å². The van der Waals surface area contributed by atoms with Gasteiger partial charge < -0.3 is 10.2 Å². The van der Waals surface area contributed by atoms with Crippen LogP contribution in [0.5, 0.6) is 0 Å². The van der Waals surface area contributed by atoms with Gasteiger partial charge in [-0.15, -0.1) is 0 Å². The maximum Gasteiger partial charge on any atom is 0.253 e. The molecule has 1 amide bonds. The zero-order valence-electron chi connectivity index (χ0n) is 14.3. The number of alkyl halides is 2. The Kier molecular flexibility index (Phi) is 5.02. The summed E-state index contributed by atoms with van der Waals surface area (Å²) >= 11 is 0. The van der Waals surface area contributed by atoms with Crippen LogP contribution >= 0.6 is 0 Å². The van der Waals surface area contributed by atoms with Crippen molar-refractivity contribution in [3.8, 4) is 0 Å². The van der Waals surface area contributed by atoms with Crippen molar-refractivity contribution in [2.75, 3.05) is 18.4 Å². The number of piperidine rings is 1. The standard InChI is InChI=1S/C20H22F2N2O/c1-15-2-8-18(9-3-15)23-14-16-4-6-17(7-5-16)19(25)24-12-10-20(21,22)11-13-24/h2-9,23H,10-14H2,1H3. The zero-order chi connectivity index (χ0) is 17.9. The van der Waals surface area contributed by atoms with Crippen LogP contribution < -0.4 is 5.32 Å². The summed E-state index contributed by atoms with van der Waals surface area (Å²) in [5.74, 6) is -2.81. The van der Waals surface area contributed by atoms with Crippen molar-refractivity contribution in [1.82, 2.24) is 4.90 Å². The van der Waals surface area contributed by atoms with Gasteiger partial charge in [0.15, 0.2) is 0 Å². The molecule has 0 aliphatic carbocycles. The van der Waals surface area contributed by atoms with Crippen molar-refractivity contribution in [3.05, 3.63) is 65.2 Å². The van der Waals surface area contributed by atoms with Gasteiger partial charge in [-0.2, -0.15) is 0 Å². The van der Waals surface area contributed by atoms with Gasteiger partial charge in [-0.25, -0.2) is 8.78 Å². The van der Waals surface area contributed by atoms with E-state index in [4.69, 9.17) is 0 Å². The number of carbonyl (C=O) groups excluding carboxylic acids is 1. The minimum Gasteiger partial charge on any atom is -0.381 e. The summed E-state index contributed by atoms with van der Waals surface area (Å²) in [6, 6.07) is 15.5. The average molecular weight is 344 g/mol. The zero-order valence-corrected chi connectivity index (χ0v) is 14.3. The predicted octanol–water partition coefficient (Wildman–Crippen LogP) is 4.48. The van der Waals surface area contributed by atoms with Gasteiger partial charge in [-0.3, -0.25) is 4.79 Å². The molecule has 0 bridgehead atoms. The third-order valence-electron chi connectivity index (χ3n) is 4.53. The first-order valence-corrected chi connectivity index (χ1v) is 8.50. The number of nitrogens with one attached hydrogen (secondary N) is 1. The van der Waals surface area contributed by atoms with E-state index in [0.717, 1.165) is 11.3 Å². The molecule has 1 fully saturated rings. The van der Waals surface area contributed by atoms with Gasteiger partial charge in [0.25, 0.3) is 11.8 Å². The van der Waals surface area contributed by atoms with Crippen LogP contribution in [0.15, 0.2) is 48.5 Å². The second-order valence-electron chi connectivity index (χ2n) is 6.56. The molecule has 0 unspecified atom stereocenters. The van der Waals surface area contributed by atoms with Crippen LogP contribution in [0.4, 0.5) is 14.5 Å². The SMILES string of the molecule is Cc1ccc(NCc2ccc(C(=O)N3CCC(F)(F)CC3)cc2)cc1. The van der Waals surface area contributed by atoms with Crippen LogP contribution in [0.25, 0.3) is 0 Å². The minimum absolute atomic E-state index is 0.114. The number of likely N-dealkylation sites (tertiary alicyclic amines) is 1. The molecule has 2 aromatic rings. The first-order valence-electron chi connectivity index (χ1n) is 8.50. The fourth-order valence-electron chi connectivity index (χ4n) is 2.86. The smallest absolute Gasteiger partial charge is 0.253 e. The highest BCUT2D eigenvalue weighted by Crippen LogP contribution is 2.28. The van der Waals surface area contributed by atoms with E-state index in [0.29, 0.717) is 12.1 Å². The van der Waals surface area contributed by atoms with E-state index in [-0.39, 0.29) is 31.8 Å². The predicted molar refractivity (Wildman–Crippen MR) is 95.0 cm³/mol. The molecule has 5 heteroatoms. The Bertz CT molecular complexity index is 716. The second-order valence-corrected chi connectivity index (χ2v) is 6.56. The maximum absolute atomic E-state index is 13.2. The summed E-state index contributed by atoms with van der Waals surface area (Å²) in [5, 5.41) is 3.33. The molecule has 0 spiro atoms. The summed E-state index contributed by atoms with van der Waals surface area (Å²) < 4.78 is 26.4. The molecule has 25 heavy (non-hydrogen) atoms. The average Bonchev–Trinajstić information content (AvgIpc) is 2.61. The van der Waals surface area contributed by atoms with Crippen molar-refractivity contribution in [3.63, 3.8) is 0 Å². The molecule has 3 nitrogen and oxygen atoms in total. The van der Waals surface area contributed by atoms with E-state index in [1.54, 1.807) is 12.1 Å². The van der Waals surface area contributed by atoms with E-state index in [1.807, 2.05) is 43.3 Å². The number of halogens is 2. The number of nitrogens with zero attached hydrogens (tertiary/aromatic N) is 1. The molecule has 1 N–H and O–H groups in total. The molecule has 0 saturated carbocycles. The van der Waals surface area contributed by atoms with Crippen LogP contribution in [0.1, 0.15) is 34.3 Å². The van der Waals surface area contributed by atoms with Crippen LogP contribution in [0, 0.1) is 6.92 Å². The number of rotatable bonds is 4. The molecule has 3 rings (SSSR count). The van der Waals surface area contributed by atoms with Gasteiger partial charge in [0.1, 0.15) is 0 Å². The Labute approximate surface area is 146 Å². The number of amides is 1. The Balaban J connectivity index is 1.56. The molecular formula is C20H22F2N2O. The fourth-order valence-corrected chi connectivity index (χ4v) is 2.86. The first-order chi connectivity index (χ1) is 11.9. The molecule has 1 heterocycles. The molecule has 0 atom stereocenters. The van der Waals surface area contributed by atoms with Gasteiger partial charge in [0.2, 0.25) is 0 Å². The normalized spacial score (nSPS) is 16.5. The highest BCUT2D eigenvalue weighted by atomic mass is 19.3. The molecule has 0 radical (unpaired) electrons. The lowest BCUT2D eigenvalue weighted by Crippen LogP contribution is -2.42. The van der Waals surface area contributed by atoms with Crippen LogP contribution in [0.3, 0.4) is 0 Å². The van der Waals surface area contributed by atoms with Crippen molar-refractivity contribution in [2.45, 2.75) is 32.2 Å². The van der Waals surface area contributed by atoms with Crippen LogP contribution in [-0.4, -0.2) is 29.8 Å². The molecule has 2 aromatic carbocycles. The Morgan fingerprint density at radius 3 is 2.24 bits per heavy atom. The summed E-state index contributed by atoms with van der Waals surface area (Å²) in [5.41, 5.74) is 3.86. The molecule has 132 valence electrons. The number of carbonyl (C=O) groups is 1. The van der Waals surface area contributed by atoms with Crippen molar-refractivity contribution >= 4 is 11.6 Å². The topological polar surface area (TPSA) is 32.3 Å². The third kappa shape index (κ3) is 4.56. The van der Waals surface area contributed by atoms with Crippen LogP contribution in [0.2, 0.25) is 0 Å². The number of hydrogen-bond donors (Lipinski definition) is 1. The molecule has 1 aliphatic heterocycles. The van der Waals surface area contributed by atoms with E-state index >= 15 is 0 Å². The quantitative estimate of drug-likeness (QED) is 0.887. The summed E-state index contributed by atoms with van der Waals surface area (Å²) in [4.78, 5) is 13.9. The lowest BCUT2D eigenvalue weighted by atomic mass is 10.0. The van der Waals surface area contributed by atoms with Gasteiger partial charge in [0.05, 0.1) is 0 Å². The van der Waals surface area contributed by atoms with Crippen molar-refractivity contribution in [1.29, 1.82) is 0 Å². The van der Waals surface area contributed by atoms with E-state index in [2.05, 4.69) is 5.32 Å². The van der Waals surface area contributed by atoms with Gasteiger partial charge in [-0.1, -0.05) is 29.8 Å². The van der Waals surface area contributed by atoms with Crippen LogP contribution in [-0.2, 0) is 6.54 Å². The Morgan fingerprint density at radius 2 is 1.64 bits per heavy atom. The number of benzene rings is 2. The minimum atomic E-state index is -2.64. The third-order valence-corrected chi connectivity index (χ3v) is 4.53. The van der Waals surface area contributed by atoms with Gasteiger partial charge >= 0.3 is 0 Å². The Morgan fingerprint density at radius 1 is 1.04 bits per heavy atom. The molecule has 1 saturated heterocycles. The fraction of sp³-hybridized carbons (Fsp3) is 0.350. The van der Waals surface area contributed by atoms with E-state index < -0.39 is 5.92 Å². The van der Waals surface area contributed by atoms with Gasteiger partial charge in [-0.05, 0) is 36.8 Å². The van der Waals surface area contributed by atoms with Gasteiger partial charge in [0, 0.05) is 43.7 Å². The maximum atomic E-state index is 13.2. The number of anilines is 1. The monoisotopic (exact) mass is 344 g/mol. The highest BCUT2D eigenvalue weighted by molar-refractivity contribution is 5.94. The number of hydrogen-bond acceptors (Lipinski definition) is 2. The second kappa shape index (κ2) is 7.21. The molecular weight excluding hydrogens is 322 g/mol. The van der Waals surface area contributed by atoms with Crippen molar-refractivity contribution < 1.29 is 13.6 Å². The van der Waals surface area contributed by atoms with E-state index in [9.17, 15) is 13.6 Å². The summed E-state index contributed by atoms with van der Waals surface area (Å²) in [7, 11) is 0. The lowest BCUT2D eigenvalue weighted by molar-refractivity contribution is -0.0494. The largest absolute Gasteiger partial charge is 0.381 e. The molecule has 1 aliphatic rings. The lowest BCUT2D eigenvalue weighted by Gasteiger charge is -2.31. The molecule has 0 aromatic heterocycles. The summed E-state index contributed by atoms with van der Waals surface area (Å²) in [6.45, 7) is 2.93. The van der Waals surface area contributed by atoms with E-state index in [1.165, 1.54) is 10.5 Å². The summed E-state index contributed by atoms with van der Waals surface area (Å²) in [6.07, 6.45) is -0.505. The highest BCUT2D eigenvalue weighted by Gasteiger charge is 2.35. The first kappa shape index (κ1) is 17.4. The number of aryl methyl sites for hydroxylation is 1.